The van der Waals surface area contributed by atoms with Gasteiger partial charge in [-0.3, -0.25) is 0 Å². The molecular formula is C22H49O3P. The van der Waals surface area contributed by atoms with Crippen LogP contribution in [0.1, 0.15) is 119 Å². The summed E-state index contributed by atoms with van der Waals surface area (Å²) in [6.45, 7) is 12.6. The first-order valence-corrected chi connectivity index (χ1v) is 13.8. The van der Waals surface area contributed by atoms with Crippen molar-refractivity contribution in [3.63, 3.8) is 0 Å². The molecule has 0 atom stereocenters. The summed E-state index contributed by atoms with van der Waals surface area (Å²) in [5, 5.41) is 0. The van der Waals surface area contributed by atoms with Gasteiger partial charge in [0.15, 0.2) is 0 Å². The maximum atomic E-state index is 11.8. The Labute approximate surface area is 164 Å². The zero-order valence-electron chi connectivity index (χ0n) is 18.8. The van der Waals surface area contributed by atoms with E-state index in [4.69, 9.17) is 9.05 Å². The molecule has 160 valence electrons. The first-order chi connectivity index (χ1) is 12.3. The monoisotopic (exact) mass is 392 g/mol. The van der Waals surface area contributed by atoms with E-state index < -0.39 is 7.28 Å². The van der Waals surface area contributed by atoms with Gasteiger partial charge < -0.3 is 0 Å². The van der Waals surface area contributed by atoms with Crippen molar-refractivity contribution in [1.29, 1.82) is 0 Å². The van der Waals surface area contributed by atoms with Gasteiger partial charge in [0.25, 0.3) is 0 Å². The van der Waals surface area contributed by atoms with Crippen LogP contribution in [-0.4, -0.2) is 29.4 Å². The van der Waals surface area contributed by atoms with Gasteiger partial charge in [-0.15, -0.1) is 0 Å². The van der Waals surface area contributed by atoms with Crippen LogP contribution in [0.15, 0.2) is 0 Å². The molecule has 0 amide bonds. The average Bonchev–Trinajstić information content (AvgIpc) is 2.53. The Hall–Kier alpha value is 0.310. The molecule has 0 aromatic heterocycles. The zero-order valence-corrected chi connectivity index (χ0v) is 19.7. The van der Waals surface area contributed by atoms with Crippen molar-refractivity contribution in [3.05, 3.63) is 0 Å². The van der Waals surface area contributed by atoms with E-state index in [-0.39, 0.29) is 12.2 Å². The molecule has 1 N–H and O–H groups in total. The van der Waals surface area contributed by atoms with Crippen molar-refractivity contribution in [2.75, 3.05) is 12.3 Å². The third kappa shape index (κ3) is 12.7. The van der Waals surface area contributed by atoms with Crippen LogP contribution < -0.4 is 0 Å². The SMILES string of the molecule is CCCCCCCCP(O)(CCCCCCCC)(OC(C)C)OC(C)C. The van der Waals surface area contributed by atoms with E-state index >= 15 is 0 Å². The predicted octanol–water partition coefficient (Wildman–Crippen LogP) is 7.85. The molecule has 0 aromatic carbocycles. The minimum atomic E-state index is -3.55. The Morgan fingerprint density at radius 2 is 0.885 bits per heavy atom. The number of unbranched alkanes of at least 4 members (excludes halogenated alkanes) is 10. The van der Waals surface area contributed by atoms with E-state index in [1.54, 1.807) is 0 Å². The summed E-state index contributed by atoms with van der Waals surface area (Å²) in [7, 11) is -3.55. The van der Waals surface area contributed by atoms with E-state index in [0.29, 0.717) is 12.3 Å². The van der Waals surface area contributed by atoms with Crippen molar-refractivity contribution in [2.24, 2.45) is 0 Å². The molecule has 0 fully saturated rings. The Balaban J connectivity index is 4.77. The van der Waals surface area contributed by atoms with Crippen LogP contribution in [0.25, 0.3) is 0 Å². The predicted molar refractivity (Wildman–Crippen MR) is 118 cm³/mol. The summed E-state index contributed by atoms with van der Waals surface area (Å²) >= 11 is 0. The van der Waals surface area contributed by atoms with Gasteiger partial charge in [0.1, 0.15) is 0 Å². The van der Waals surface area contributed by atoms with Gasteiger partial charge in [0.05, 0.1) is 0 Å². The normalized spacial score (nSPS) is 14.1. The van der Waals surface area contributed by atoms with Gasteiger partial charge in [0.2, 0.25) is 0 Å². The van der Waals surface area contributed by atoms with Gasteiger partial charge in [-0.2, -0.15) is 0 Å². The van der Waals surface area contributed by atoms with Gasteiger partial charge in [-0.05, 0) is 0 Å². The standard InChI is InChI=1S/C22H49O3P/c1-7-9-11-13-15-17-19-26(23,24-21(3)4,25-22(5)6)20-18-16-14-12-10-8-2/h21-23H,7-20H2,1-6H3. The van der Waals surface area contributed by atoms with Crippen LogP contribution in [-0.2, 0) is 9.05 Å². The summed E-state index contributed by atoms with van der Waals surface area (Å²) in [5.41, 5.74) is 0. The molecular weight excluding hydrogens is 343 g/mol. The van der Waals surface area contributed by atoms with Crippen molar-refractivity contribution >= 4 is 7.28 Å². The molecule has 0 aliphatic heterocycles. The molecule has 0 heterocycles. The molecule has 3 nitrogen and oxygen atoms in total. The Morgan fingerprint density at radius 1 is 0.577 bits per heavy atom. The molecule has 0 aliphatic carbocycles. The summed E-state index contributed by atoms with van der Waals surface area (Å²) in [6.07, 6.45) is 16.0. The quantitative estimate of drug-likeness (QED) is 0.191. The van der Waals surface area contributed by atoms with Gasteiger partial charge in [0, 0.05) is 0 Å². The number of hydrogen-bond donors (Lipinski definition) is 1. The maximum absolute atomic E-state index is 11.8. The molecule has 0 unspecified atom stereocenters. The van der Waals surface area contributed by atoms with Gasteiger partial charge in [-0.25, -0.2) is 0 Å². The van der Waals surface area contributed by atoms with Crippen molar-refractivity contribution in [3.8, 4) is 0 Å². The van der Waals surface area contributed by atoms with Crippen molar-refractivity contribution in [2.45, 2.75) is 131 Å². The molecule has 0 bridgehead atoms. The van der Waals surface area contributed by atoms with E-state index in [1.807, 2.05) is 27.7 Å². The molecule has 4 heteroatoms. The third-order valence-corrected chi connectivity index (χ3v) is 9.00. The summed E-state index contributed by atoms with van der Waals surface area (Å²) in [4.78, 5) is 11.8. The molecule has 0 aliphatic rings. The topological polar surface area (TPSA) is 38.7 Å². The summed E-state index contributed by atoms with van der Waals surface area (Å²) in [5.74, 6) is 0. The number of rotatable bonds is 18. The Bertz CT molecular complexity index is 301. The Kier molecular flexibility index (Phi) is 14.5. The van der Waals surface area contributed by atoms with Gasteiger partial charge >= 0.3 is 164 Å². The first kappa shape index (κ1) is 26.3. The van der Waals surface area contributed by atoms with Crippen molar-refractivity contribution in [1.82, 2.24) is 0 Å². The van der Waals surface area contributed by atoms with Gasteiger partial charge in [-0.1, -0.05) is 0 Å². The minimum absolute atomic E-state index is 0.00315. The van der Waals surface area contributed by atoms with Crippen LogP contribution in [0.3, 0.4) is 0 Å². The summed E-state index contributed by atoms with van der Waals surface area (Å²) < 4.78 is 12.5. The second-order valence-corrected chi connectivity index (χ2v) is 12.4. The first-order valence-electron chi connectivity index (χ1n) is 11.4. The van der Waals surface area contributed by atoms with E-state index in [9.17, 15) is 4.89 Å². The Morgan fingerprint density at radius 3 is 1.19 bits per heavy atom. The van der Waals surface area contributed by atoms with Crippen LogP contribution in [0.5, 0.6) is 0 Å². The summed E-state index contributed by atoms with van der Waals surface area (Å²) in [6, 6.07) is 0. The molecule has 0 radical (unpaired) electrons. The second-order valence-electron chi connectivity index (χ2n) is 8.55. The van der Waals surface area contributed by atoms with Crippen LogP contribution in [0.4, 0.5) is 0 Å². The van der Waals surface area contributed by atoms with E-state index in [0.717, 1.165) is 25.7 Å². The molecule has 0 saturated heterocycles. The average molecular weight is 393 g/mol. The molecule has 26 heavy (non-hydrogen) atoms. The fraction of sp³-hybridized carbons (Fsp3) is 1.00. The van der Waals surface area contributed by atoms with Crippen molar-refractivity contribution < 1.29 is 13.9 Å². The number of hydrogen-bond acceptors (Lipinski definition) is 3. The fourth-order valence-corrected chi connectivity index (χ4v) is 8.01. The zero-order chi connectivity index (χ0) is 19.9. The van der Waals surface area contributed by atoms with E-state index in [1.165, 1.54) is 51.4 Å². The third-order valence-electron chi connectivity index (χ3n) is 4.80. The molecule has 0 saturated carbocycles. The van der Waals surface area contributed by atoms with Crippen LogP contribution in [0, 0.1) is 0 Å². The van der Waals surface area contributed by atoms with Crippen LogP contribution in [0.2, 0.25) is 0 Å². The molecule has 0 spiro atoms. The van der Waals surface area contributed by atoms with Crippen LogP contribution >= 0.6 is 7.28 Å². The van der Waals surface area contributed by atoms with E-state index in [2.05, 4.69) is 13.8 Å². The second kappa shape index (κ2) is 14.3. The molecule has 0 rings (SSSR count). The molecule has 0 aromatic rings. The fourth-order valence-electron chi connectivity index (χ4n) is 3.71.